The van der Waals surface area contributed by atoms with Gasteiger partial charge >= 0.3 is 7.12 Å². The fourth-order valence-electron chi connectivity index (χ4n) is 3.06. The summed E-state index contributed by atoms with van der Waals surface area (Å²) in [5.74, 6) is -0.427. The first-order valence-electron chi connectivity index (χ1n) is 9.88. The summed E-state index contributed by atoms with van der Waals surface area (Å²) in [5, 5.41) is 30.2. The lowest BCUT2D eigenvalue weighted by atomic mass is 9.76. The van der Waals surface area contributed by atoms with E-state index in [-0.39, 0.29) is 18.7 Å². The number of ether oxygens (including phenoxy) is 1. The smallest absolute Gasteiger partial charge is 0.475 e. The number of aryl methyl sites for hydroxylation is 1. The second kappa shape index (κ2) is 10.6. The van der Waals surface area contributed by atoms with Crippen molar-refractivity contribution in [3.63, 3.8) is 0 Å². The van der Waals surface area contributed by atoms with Crippen LogP contribution in [0.1, 0.15) is 18.9 Å². The minimum atomic E-state index is -1.68. The Morgan fingerprint density at radius 1 is 1.20 bits per heavy atom. The van der Waals surface area contributed by atoms with Gasteiger partial charge in [-0.3, -0.25) is 9.48 Å². The Bertz CT molecular complexity index is 949. The minimum Gasteiger partial charge on any atom is -0.494 e. The first kappa shape index (κ1) is 21.5. The van der Waals surface area contributed by atoms with E-state index in [1.54, 1.807) is 10.9 Å². The molecule has 0 bridgehead atoms. The summed E-state index contributed by atoms with van der Waals surface area (Å²) >= 11 is 0. The van der Waals surface area contributed by atoms with Gasteiger partial charge < -0.3 is 20.1 Å². The van der Waals surface area contributed by atoms with Crippen LogP contribution in [0.3, 0.4) is 0 Å². The molecule has 1 aromatic heterocycles. The average molecular weight is 408 g/mol. The number of nitrogens with one attached hydrogen (secondary N) is 1. The lowest BCUT2D eigenvalue weighted by Gasteiger charge is -2.18. The van der Waals surface area contributed by atoms with E-state index in [4.69, 9.17) is 4.74 Å². The zero-order valence-corrected chi connectivity index (χ0v) is 16.8. The van der Waals surface area contributed by atoms with Gasteiger partial charge in [0.2, 0.25) is 5.91 Å². The highest BCUT2D eigenvalue weighted by Gasteiger charge is 2.25. The van der Waals surface area contributed by atoms with Gasteiger partial charge in [-0.05, 0) is 31.0 Å². The van der Waals surface area contributed by atoms with E-state index < -0.39 is 13.1 Å². The van der Waals surface area contributed by atoms with Crippen LogP contribution in [0.5, 0.6) is 5.75 Å². The number of hydrogen-bond acceptors (Lipinski definition) is 6. The maximum atomic E-state index is 12.3. The Morgan fingerprint density at radius 2 is 2.00 bits per heavy atom. The van der Waals surface area contributed by atoms with Gasteiger partial charge in [-0.25, -0.2) is 0 Å². The van der Waals surface area contributed by atoms with E-state index in [1.165, 1.54) is 0 Å². The molecule has 0 aliphatic carbocycles. The third-order valence-corrected chi connectivity index (χ3v) is 4.55. The van der Waals surface area contributed by atoms with Crippen molar-refractivity contribution in [3.8, 4) is 17.0 Å². The molecule has 3 N–H and O–H groups in total. The summed E-state index contributed by atoms with van der Waals surface area (Å²) < 4.78 is 7.06. The second-order valence-electron chi connectivity index (χ2n) is 6.86. The molecule has 0 fully saturated rings. The van der Waals surface area contributed by atoms with Gasteiger partial charge in [0.25, 0.3) is 0 Å². The first-order chi connectivity index (χ1) is 14.5. The molecule has 3 rings (SSSR count). The predicted molar refractivity (Wildman–Crippen MR) is 114 cm³/mol. The maximum Gasteiger partial charge on any atom is 0.475 e. The van der Waals surface area contributed by atoms with Gasteiger partial charge in [-0.15, -0.1) is 5.10 Å². The van der Waals surface area contributed by atoms with E-state index in [2.05, 4.69) is 15.6 Å². The molecule has 0 saturated carbocycles. The second-order valence-corrected chi connectivity index (χ2v) is 6.86. The van der Waals surface area contributed by atoms with Crippen molar-refractivity contribution in [3.05, 3.63) is 66.4 Å². The van der Waals surface area contributed by atoms with Crippen molar-refractivity contribution in [1.82, 2.24) is 20.3 Å². The highest BCUT2D eigenvalue weighted by molar-refractivity contribution is 6.43. The summed E-state index contributed by atoms with van der Waals surface area (Å²) in [6.07, 6.45) is 2.19. The Morgan fingerprint density at radius 3 is 2.73 bits per heavy atom. The third-order valence-electron chi connectivity index (χ3n) is 4.55. The Labute approximate surface area is 175 Å². The van der Waals surface area contributed by atoms with Crippen molar-refractivity contribution in [1.29, 1.82) is 0 Å². The monoisotopic (exact) mass is 408 g/mol. The van der Waals surface area contributed by atoms with Crippen molar-refractivity contribution in [2.45, 2.75) is 32.3 Å². The first-order valence-corrected chi connectivity index (χ1v) is 9.88. The third kappa shape index (κ3) is 6.17. The lowest BCUT2D eigenvalue weighted by molar-refractivity contribution is -0.121. The molecule has 1 heterocycles. The molecule has 0 unspecified atom stereocenters. The van der Waals surface area contributed by atoms with E-state index in [9.17, 15) is 14.8 Å². The van der Waals surface area contributed by atoms with Crippen LogP contribution in [0.15, 0.2) is 60.8 Å². The molecule has 1 atom stereocenters. The topological polar surface area (TPSA) is 110 Å². The van der Waals surface area contributed by atoms with E-state index in [0.29, 0.717) is 18.9 Å². The molecule has 0 radical (unpaired) electrons. The summed E-state index contributed by atoms with van der Waals surface area (Å²) in [6, 6.07) is 17.0. The number of benzene rings is 2. The lowest BCUT2D eigenvalue weighted by Crippen LogP contribution is -2.48. The van der Waals surface area contributed by atoms with Crippen LogP contribution >= 0.6 is 0 Å². The van der Waals surface area contributed by atoms with Crippen molar-refractivity contribution in [2.75, 3.05) is 6.61 Å². The van der Waals surface area contributed by atoms with Gasteiger partial charge in [-0.2, -0.15) is 0 Å². The molecule has 30 heavy (non-hydrogen) atoms. The molecule has 2 aromatic carbocycles. The molecule has 0 saturated heterocycles. The van der Waals surface area contributed by atoms with E-state index in [0.717, 1.165) is 16.8 Å². The minimum absolute atomic E-state index is 0.139. The largest absolute Gasteiger partial charge is 0.494 e. The van der Waals surface area contributed by atoms with Crippen LogP contribution in [-0.2, 0) is 17.8 Å². The number of carbonyl (C=O) groups excluding carboxylic acids is 1. The maximum absolute atomic E-state index is 12.3. The Kier molecular flexibility index (Phi) is 7.59. The Hall–Kier alpha value is -3.17. The number of hydrogen-bond donors (Lipinski definition) is 3. The molecule has 3 aromatic rings. The zero-order chi connectivity index (χ0) is 21.3. The van der Waals surface area contributed by atoms with Crippen molar-refractivity contribution >= 4 is 13.0 Å². The van der Waals surface area contributed by atoms with E-state index in [1.807, 2.05) is 61.5 Å². The van der Waals surface area contributed by atoms with Crippen LogP contribution in [0, 0.1) is 0 Å². The quantitative estimate of drug-likeness (QED) is 0.439. The summed E-state index contributed by atoms with van der Waals surface area (Å²) in [7, 11) is -1.68. The summed E-state index contributed by atoms with van der Waals surface area (Å²) in [5.41, 5.74) is 2.52. The van der Waals surface area contributed by atoms with Crippen molar-refractivity contribution < 1.29 is 19.6 Å². The number of rotatable bonds is 10. The fourth-order valence-corrected chi connectivity index (χ4v) is 3.06. The number of nitrogens with zero attached hydrogens (tertiary/aromatic N) is 3. The number of amides is 1. The van der Waals surface area contributed by atoms with Gasteiger partial charge in [0.15, 0.2) is 0 Å². The van der Waals surface area contributed by atoms with Crippen LogP contribution < -0.4 is 10.1 Å². The molecule has 9 heteroatoms. The molecule has 8 nitrogen and oxygen atoms in total. The van der Waals surface area contributed by atoms with Gasteiger partial charge in [-0.1, -0.05) is 47.7 Å². The van der Waals surface area contributed by atoms with Crippen molar-refractivity contribution in [2.24, 2.45) is 0 Å². The SMILES string of the molecule is CCOc1cccc(C[C@H](NC(=O)CCn2cc(-c3ccccc3)nn2)B(O)O)c1. The van der Waals surface area contributed by atoms with Crippen LogP contribution in [0.4, 0.5) is 0 Å². The number of carbonyl (C=O) groups is 1. The molecular weight excluding hydrogens is 383 g/mol. The molecule has 0 spiro atoms. The van der Waals surface area contributed by atoms with Crippen LogP contribution in [0.25, 0.3) is 11.3 Å². The molecule has 0 aliphatic rings. The van der Waals surface area contributed by atoms with Gasteiger partial charge in [0, 0.05) is 12.0 Å². The summed E-state index contributed by atoms with van der Waals surface area (Å²) in [6.45, 7) is 2.77. The highest BCUT2D eigenvalue weighted by Crippen LogP contribution is 2.16. The van der Waals surface area contributed by atoms with Gasteiger partial charge in [0.1, 0.15) is 11.4 Å². The Balaban J connectivity index is 1.54. The van der Waals surface area contributed by atoms with E-state index >= 15 is 0 Å². The van der Waals surface area contributed by atoms with Crippen LogP contribution in [-0.4, -0.2) is 50.6 Å². The zero-order valence-electron chi connectivity index (χ0n) is 16.8. The summed E-state index contributed by atoms with van der Waals surface area (Å²) in [4.78, 5) is 12.3. The molecule has 1 amide bonds. The van der Waals surface area contributed by atoms with Crippen LogP contribution in [0.2, 0.25) is 0 Å². The highest BCUT2D eigenvalue weighted by atomic mass is 16.5. The fraction of sp³-hybridized carbons (Fsp3) is 0.286. The predicted octanol–water partition coefficient (Wildman–Crippen LogP) is 1.47. The molecule has 156 valence electrons. The standard InChI is InChI=1S/C21H25BN4O4/c1-2-30-18-10-6-7-16(13-18)14-20(22(28)29)23-21(27)11-12-26-15-19(24-25-26)17-8-4-3-5-9-17/h3-10,13,15,20,28-29H,2,11-12,14H2,1H3,(H,23,27)/t20-/m0/s1. The van der Waals surface area contributed by atoms with Gasteiger partial charge in [0.05, 0.1) is 25.3 Å². The normalized spacial score (nSPS) is 11.7. The molecule has 0 aliphatic heterocycles. The molecular formula is C21H25BN4O4. The number of aromatic nitrogens is 3. The average Bonchev–Trinajstić information content (AvgIpc) is 3.22.